The van der Waals surface area contributed by atoms with Gasteiger partial charge in [-0.25, -0.2) is 9.18 Å². The maximum atomic E-state index is 14.2. The standard InChI is InChI=1S/C14H17BrFNO2/c1-14(2,3)19-13(18)17-7-9-5-4-6-10(15)12(9)11(16)8-17/h4-6,11H,7-8H2,1-3H3. The smallest absolute Gasteiger partial charge is 0.410 e. The van der Waals surface area contributed by atoms with Crippen molar-refractivity contribution in [2.45, 2.75) is 39.1 Å². The number of amides is 1. The molecule has 1 aromatic carbocycles. The van der Waals surface area contributed by atoms with E-state index in [0.29, 0.717) is 12.1 Å². The molecule has 1 heterocycles. The molecule has 0 bridgehead atoms. The number of hydrogen-bond acceptors (Lipinski definition) is 2. The summed E-state index contributed by atoms with van der Waals surface area (Å²) in [4.78, 5) is 13.4. The van der Waals surface area contributed by atoms with Crippen molar-refractivity contribution in [3.8, 4) is 0 Å². The van der Waals surface area contributed by atoms with E-state index in [0.717, 1.165) is 10.0 Å². The monoisotopic (exact) mass is 329 g/mol. The van der Waals surface area contributed by atoms with Crippen LogP contribution in [0, 0.1) is 0 Å². The first-order chi connectivity index (χ1) is 8.78. The Morgan fingerprint density at radius 1 is 1.47 bits per heavy atom. The van der Waals surface area contributed by atoms with Gasteiger partial charge in [0, 0.05) is 16.6 Å². The van der Waals surface area contributed by atoms with E-state index in [1.54, 1.807) is 20.8 Å². The molecule has 19 heavy (non-hydrogen) atoms. The minimum atomic E-state index is -1.19. The molecule has 0 radical (unpaired) electrons. The quantitative estimate of drug-likeness (QED) is 0.713. The van der Waals surface area contributed by atoms with E-state index in [-0.39, 0.29) is 6.54 Å². The lowest BCUT2D eigenvalue weighted by molar-refractivity contribution is 0.0159. The van der Waals surface area contributed by atoms with Crippen LogP contribution in [-0.4, -0.2) is 23.1 Å². The molecule has 1 unspecified atom stereocenters. The van der Waals surface area contributed by atoms with Crippen LogP contribution >= 0.6 is 15.9 Å². The van der Waals surface area contributed by atoms with Crippen LogP contribution in [-0.2, 0) is 11.3 Å². The van der Waals surface area contributed by atoms with Crippen molar-refractivity contribution >= 4 is 22.0 Å². The van der Waals surface area contributed by atoms with E-state index in [4.69, 9.17) is 4.74 Å². The van der Waals surface area contributed by atoms with E-state index in [1.165, 1.54) is 4.90 Å². The van der Waals surface area contributed by atoms with Crippen LogP contribution in [0.4, 0.5) is 9.18 Å². The summed E-state index contributed by atoms with van der Waals surface area (Å²) < 4.78 is 20.2. The third kappa shape index (κ3) is 3.26. The second-order valence-corrected chi connectivity index (χ2v) is 6.50. The minimum absolute atomic E-state index is 0.0323. The molecule has 1 amide bonds. The van der Waals surface area contributed by atoms with Gasteiger partial charge in [0.05, 0.1) is 6.54 Å². The number of carbonyl (C=O) groups is 1. The lowest BCUT2D eigenvalue weighted by Gasteiger charge is -2.33. The molecule has 1 aromatic rings. The molecule has 5 heteroatoms. The van der Waals surface area contributed by atoms with Gasteiger partial charge in [-0.3, -0.25) is 0 Å². The Morgan fingerprint density at radius 2 is 2.16 bits per heavy atom. The van der Waals surface area contributed by atoms with Crippen molar-refractivity contribution in [2.75, 3.05) is 6.54 Å². The minimum Gasteiger partial charge on any atom is -0.444 e. The van der Waals surface area contributed by atoms with Crippen LogP contribution in [0.2, 0.25) is 0 Å². The van der Waals surface area contributed by atoms with Crippen molar-refractivity contribution in [3.05, 3.63) is 33.8 Å². The molecule has 0 saturated heterocycles. The molecule has 1 atom stereocenters. The average molecular weight is 330 g/mol. The Hall–Kier alpha value is -1.10. The fraction of sp³-hybridized carbons (Fsp3) is 0.500. The van der Waals surface area contributed by atoms with E-state index in [1.807, 2.05) is 18.2 Å². The highest BCUT2D eigenvalue weighted by Crippen LogP contribution is 2.35. The van der Waals surface area contributed by atoms with Gasteiger partial charge in [-0.2, -0.15) is 0 Å². The first-order valence-electron chi connectivity index (χ1n) is 6.17. The van der Waals surface area contributed by atoms with Gasteiger partial charge in [-0.15, -0.1) is 0 Å². The molecule has 104 valence electrons. The molecule has 2 rings (SSSR count). The molecule has 1 aliphatic rings. The van der Waals surface area contributed by atoms with E-state index < -0.39 is 17.9 Å². The van der Waals surface area contributed by atoms with Crippen molar-refractivity contribution in [1.82, 2.24) is 4.90 Å². The molecule has 0 aliphatic carbocycles. The number of rotatable bonds is 0. The van der Waals surface area contributed by atoms with Crippen LogP contribution in [0.15, 0.2) is 22.7 Å². The Balaban J connectivity index is 2.20. The molecule has 0 spiro atoms. The first-order valence-corrected chi connectivity index (χ1v) is 6.96. The number of hydrogen-bond donors (Lipinski definition) is 0. The van der Waals surface area contributed by atoms with Gasteiger partial charge in [0.25, 0.3) is 0 Å². The Labute approximate surface area is 120 Å². The molecule has 0 aromatic heterocycles. The fourth-order valence-corrected chi connectivity index (χ4v) is 2.75. The fourth-order valence-electron chi connectivity index (χ4n) is 2.09. The summed E-state index contributed by atoms with van der Waals surface area (Å²) >= 11 is 3.35. The summed E-state index contributed by atoms with van der Waals surface area (Å²) in [5, 5.41) is 0. The largest absolute Gasteiger partial charge is 0.444 e. The van der Waals surface area contributed by atoms with E-state index in [2.05, 4.69) is 15.9 Å². The molecule has 3 nitrogen and oxygen atoms in total. The molecule has 0 fully saturated rings. The molecule has 1 aliphatic heterocycles. The molecular weight excluding hydrogens is 313 g/mol. The SMILES string of the molecule is CC(C)(C)OC(=O)N1Cc2cccc(Br)c2C(F)C1. The summed E-state index contributed by atoms with van der Waals surface area (Å²) in [6, 6.07) is 5.49. The van der Waals surface area contributed by atoms with Gasteiger partial charge in [0.1, 0.15) is 11.8 Å². The summed E-state index contributed by atoms with van der Waals surface area (Å²) in [6.07, 6.45) is -1.66. The number of benzene rings is 1. The first kappa shape index (κ1) is 14.3. The normalized spacial score (nSPS) is 19.0. The van der Waals surface area contributed by atoms with Crippen LogP contribution in [0.5, 0.6) is 0 Å². The molecule has 0 N–H and O–H groups in total. The summed E-state index contributed by atoms with van der Waals surface area (Å²) in [6.45, 7) is 5.81. The number of alkyl halides is 1. The summed E-state index contributed by atoms with van der Waals surface area (Å²) in [5.41, 5.74) is 0.891. The van der Waals surface area contributed by atoms with Crippen LogP contribution in [0.25, 0.3) is 0 Å². The second-order valence-electron chi connectivity index (χ2n) is 5.64. The van der Waals surface area contributed by atoms with Crippen LogP contribution < -0.4 is 0 Å². The average Bonchev–Trinajstić information content (AvgIpc) is 2.26. The highest BCUT2D eigenvalue weighted by atomic mass is 79.9. The van der Waals surface area contributed by atoms with Gasteiger partial charge in [0.15, 0.2) is 0 Å². The lowest BCUT2D eigenvalue weighted by atomic mass is 9.99. The third-order valence-electron chi connectivity index (χ3n) is 2.85. The van der Waals surface area contributed by atoms with Gasteiger partial charge in [-0.05, 0) is 32.4 Å². The maximum absolute atomic E-state index is 14.2. The van der Waals surface area contributed by atoms with Gasteiger partial charge >= 0.3 is 6.09 Å². The predicted molar refractivity (Wildman–Crippen MR) is 74.6 cm³/mol. The van der Waals surface area contributed by atoms with E-state index in [9.17, 15) is 9.18 Å². The number of halogens is 2. The zero-order valence-corrected chi connectivity index (χ0v) is 12.8. The Kier molecular flexibility index (Phi) is 3.85. The highest BCUT2D eigenvalue weighted by Gasteiger charge is 2.31. The Bertz CT molecular complexity index is 499. The zero-order valence-electron chi connectivity index (χ0n) is 11.2. The number of fused-ring (bicyclic) bond motifs is 1. The zero-order chi connectivity index (χ0) is 14.2. The molecule has 0 saturated carbocycles. The Morgan fingerprint density at radius 3 is 2.79 bits per heavy atom. The maximum Gasteiger partial charge on any atom is 0.410 e. The lowest BCUT2D eigenvalue weighted by Crippen LogP contribution is -2.40. The molecular formula is C14H17BrFNO2. The number of ether oxygens (including phenoxy) is 1. The summed E-state index contributed by atoms with van der Waals surface area (Å²) in [7, 11) is 0. The van der Waals surface area contributed by atoms with Crippen molar-refractivity contribution in [3.63, 3.8) is 0 Å². The topological polar surface area (TPSA) is 29.5 Å². The van der Waals surface area contributed by atoms with Gasteiger partial charge in [0.2, 0.25) is 0 Å². The van der Waals surface area contributed by atoms with Crippen molar-refractivity contribution in [1.29, 1.82) is 0 Å². The third-order valence-corrected chi connectivity index (χ3v) is 3.54. The van der Waals surface area contributed by atoms with Crippen LogP contribution in [0.3, 0.4) is 0 Å². The van der Waals surface area contributed by atoms with E-state index >= 15 is 0 Å². The van der Waals surface area contributed by atoms with Crippen molar-refractivity contribution < 1.29 is 13.9 Å². The van der Waals surface area contributed by atoms with Gasteiger partial charge in [-0.1, -0.05) is 28.1 Å². The predicted octanol–water partition coefficient (Wildman–Crippen LogP) is 4.21. The van der Waals surface area contributed by atoms with Crippen molar-refractivity contribution in [2.24, 2.45) is 0 Å². The highest BCUT2D eigenvalue weighted by molar-refractivity contribution is 9.10. The van der Waals surface area contributed by atoms with Crippen LogP contribution in [0.1, 0.15) is 38.1 Å². The summed E-state index contributed by atoms with van der Waals surface area (Å²) in [5.74, 6) is 0. The second kappa shape index (κ2) is 5.12. The van der Waals surface area contributed by atoms with Gasteiger partial charge < -0.3 is 9.64 Å². The number of nitrogens with zero attached hydrogens (tertiary/aromatic N) is 1. The number of carbonyl (C=O) groups excluding carboxylic acids is 1.